The summed E-state index contributed by atoms with van der Waals surface area (Å²) in [6.07, 6.45) is 1.90. The number of phenols is 1. The van der Waals surface area contributed by atoms with Crippen molar-refractivity contribution in [2.75, 3.05) is 12.3 Å². The number of carboxylic acid groups (broad SMARTS) is 1. The molecular formula is C47H64N12O12S. The molecule has 2 aromatic carbocycles. The number of hydrogen-bond donors (Lipinski definition) is 13. The summed E-state index contributed by atoms with van der Waals surface area (Å²) in [4.78, 5) is 141. The average Bonchev–Trinajstić information content (AvgIpc) is 4.05. The number of amides is 9. The van der Waals surface area contributed by atoms with Crippen molar-refractivity contribution >= 4 is 71.8 Å². The van der Waals surface area contributed by atoms with Crippen LogP contribution in [-0.2, 0) is 67.2 Å². The number of phenolic OH excluding ortho intramolecular Hbond substituents is 1. The fraction of sp³-hybridized carbons (Fsp3) is 0.468. The van der Waals surface area contributed by atoms with Gasteiger partial charge in [-0.3, -0.25) is 43.2 Å². The molecule has 1 fully saturated rings. The van der Waals surface area contributed by atoms with Gasteiger partial charge in [0, 0.05) is 49.9 Å². The number of aliphatic carboxylic acids is 1. The number of hydrogen-bond acceptors (Lipinski definition) is 14. The lowest BCUT2D eigenvalue weighted by molar-refractivity contribution is -0.141. The number of aromatic amines is 1. The third kappa shape index (κ3) is 18.0. The van der Waals surface area contributed by atoms with Gasteiger partial charge in [-0.2, -0.15) is 12.6 Å². The summed E-state index contributed by atoms with van der Waals surface area (Å²) in [6.45, 7) is 3.67. The molecule has 15 N–H and O–H groups in total. The van der Waals surface area contributed by atoms with Crippen molar-refractivity contribution < 1.29 is 58.2 Å². The first-order valence-corrected chi connectivity index (χ1v) is 23.9. The van der Waals surface area contributed by atoms with Crippen LogP contribution in [0.25, 0.3) is 0 Å². The molecule has 1 aliphatic heterocycles. The number of carbonyl (C=O) groups is 10. The van der Waals surface area contributed by atoms with Crippen LogP contribution in [0, 0.1) is 5.92 Å². The zero-order valence-electron chi connectivity index (χ0n) is 39.9. The SMILES string of the molecule is CC(C)C[C@H](NC(=O)[C@H](CC(N)=O)NC(=O)[C@@H]1CCCN1C(=O)[C@@H](N)CCC(N)=O)C(=O)N[C@@H](Cc1ccccc1)C(=O)N[C@@H](Cc1ccc(O)cc1)C(=O)N[C@@H](Cc1cnc[nH]1)C(=O)N[C@@H](CS)C(=O)O. The van der Waals surface area contributed by atoms with Crippen LogP contribution in [-0.4, -0.2) is 145 Å². The van der Waals surface area contributed by atoms with E-state index >= 15 is 0 Å². The largest absolute Gasteiger partial charge is 0.508 e. The van der Waals surface area contributed by atoms with Gasteiger partial charge in [0.25, 0.3) is 0 Å². The first kappa shape index (κ1) is 57.0. The zero-order valence-corrected chi connectivity index (χ0v) is 40.8. The molecule has 9 amide bonds. The van der Waals surface area contributed by atoms with Gasteiger partial charge in [0.2, 0.25) is 53.2 Å². The van der Waals surface area contributed by atoms with Gasteiger partial charge < -0.3 is 69.2 Å². The molecule has 0 radical (unpaired) electrons. The molecule has 72 heavy (non-hydrogen) atoms. The molecular weight excluding hydrogens is 957 g/mol. The Hall–Kier alpha value is -7.54. The molecule has 0 unspecified atom stereocenters. The van der Waals surface area contributed by atoms with Crippen molar-refractivity contribution in [1.29, 1.82) is 0 Å². The number of rotatable bonds is 28. The second kappa shape index (κ2) is 27.7. The van der Waals surface area contributed by atoms with E-state index < -0.39 is 114 Å². The predicted molar refractivity (Wildman–Crippen MR) is 262 cm³/mol. The van der Waals surface area contributed by atoms with E-state index in [0.717, 1.165) is 0 Å². The quantitative estimate of drug-likeness (QED) is 0.0337. The van der Waals surface area contributed by atoms with Crippen molar-refractivity contribution in [1.82, 2.24) is 46.8 Å². The van der Waals surface area contributed by atoms with Crippen molar-refractivity contribution in [2.45, 2.75) is 120 Å². The van der Waals surface area contributed by atoms with E-state index in [2.05, 4.69) is 54.5 Å². The summed E-state index contributed by atoms with van der Waals surface area (Å²) in [6, 6.07) is 3.33. The van der Waals surface area contributed by atoms with E-state index in [-0.39, 0.29) is 68.9 Å². The predicted octanol–water partition coefficient (Wildman–Crippen LogP) is -2.43. The number of H-pyrrole nitrogens is 1. The Labute approximate surface area is 420 Å². The number of imidazole rings is 1. The fourth-order valence-corrected chi connectivity index (χ4v) is 8.07. The number of thiol groups is 1. The number of benzene rings is 2. The number of nitrogens with two attached hydrogens (primary N) is 3. The van der Waals surface area contributed by atoms with Gasteiger partial charge >= 0.3 is 5.97 Å². The average molecular weight is 1020 g/mol. The number of carbonyl (C=O) groups excluding carboxylic acids is 9. The second-order valence-corrected chi connectivity index (χ2v) is 18.2. The van der Waals surface area contributed by atoms with Crippen LogP contribution in [0.5, 0.6) is 5.75 Å². The standard InChI is InChI=1S/C47H64N12O12S/c1-25(2)17-31(53-44(67)35(21-39(50)62)57-45(68)37-9-6-16-59(37)46(69)30(48)14-15-38(49)61)40(63)54-32(18-26-7-4-3-5-8-26)41(64)55-33(19-27-10-12-29(60)13-11-27)42(65)56-34(20-28-22-51-24-52-28)43(66)58-36(23-72)47(70)71/h3-5,7-8,10-13,22,24-25,30-37,60,72H,6,9,14-21,23,48H2,1-2H3,(H2,49,61)(H2,50,62)(H,51,52)(H,53,67)(H,54,63)(H,55,64)(H,56,65)(H,57,68)(H,58,66)(H,70,71)/t30-,31-,32-,33-,34-,35-,36-,37-/m0/s1. The van der Waals surface area contributed by atoms with Crippen molar-refractivity contribution in [2.24, 2.45) is 23.1 Å². The number of aromatic hydroxyl groups is 1. The molecule has 1 aliphatic rings. The molecule has 8 atom stereocenters. The summed E-state index contributed by atoms with van der Waals surface area (Å²) >= 11 is 4.01. The number of carboxylic acids is 1. The Morgan fingerprint density at radius 2 is 1.25 bits per heavy atom. The number of nitrogens with zero attached hydrogens (tertiary/aromatic N) is 2. The Morgan fingerprint density at radius 3 is 1.76 bits per heavy atom. The minimum atomic E-state index is -1.62. The number of aromatic nitrogens is 2. The normalized spacial score (nSPS) is 16.1. The van der Waals surface area contributed by atoms with E-state index in [1.807, 2.05) is 0 Å². The molecule has 25 heteroatoms. The maximum absolute atomic E-state index is 14.5. The molecule has 0 saturated carbocycles. The first-order valence-electron chi connectivity index (χ1n) is 23.2. The Bertz CT molecular complexity index is 2370. The van der Waals surface area contributed by atoms with Crippen LogP contribution >= 0.6 is 12.6 Å². The van der Waals surface area contributed by atoms with Crippen LogP contribution in [0.3, 0.4) is 0 Å². The number of nitrogens with one attached hydrogen (secondary N) is 7. The molecule has 0 aliphatic carbocycles. The van der Waals surface area contributed by atoms with Gasteiger partial charge in [0.1, 0.15) is 48.0 Å². The van der Waals surface area contributed by atoms with Gasteiger partial charge in [-0.25, -0.2) is 9.78 Å². The third-order valence-corrected chi connectivity index (χ3v) is 11.9. The molecule has 0 bridgehead atoms. The zero-order chi connectivity index (χ0) is 53.1. The van der Waals surface area contributed by atoms with E-state index in [0.29, 0.717) is 23.2 Å². The molecule has 0 spiro atoms. The van der Waals surface area contributed by atoms with Gasteiger partial charge in [-0.05, 0) is 54.9 Å². The summed E-state index contributed by atoms with van der Waals surface area (Å²) in [5.74, 6) is -9.51. The van der Waals surface area contributed by atoms with Crippen molar-refractivity contribution in [3.05, 3.63) is 83.9 Å². The fourth-order valence-electron chi connectivity index (χ4n) is 7.83. The maximum atomic E-state index is 14.5. The van der Waals surface area contributed by atoms with Crippen molar-refractivity contribution in [3.8, 4) is 5.75 Å². The van der Waals surface area contributed by atoms with E-state index in [9.17, 15) is 58.2 Å². The smallest absolute Gasteiger partial charge is 0.327 e. The van der Waals surface area contributed by atoms with Gasteiger partial charge in [0.15, 0.2) is 0 Å². The number of likely N-dealkylation sites (tertiary alicyclic amines) is 1. The minimum Gasteiger partial charge on any atom is -0.508 e. The summed E-state index contributed by atoms with van der Waals surface area (Å²) in [5, 5.41) is 35.0. The lowest BCUT2D eigenvalue weighted by Gasteiger charge is -2.29. The van der Waals surface area contributed by atoms with Crippen molar-refractivity contribution in [3.63, 3.8) is 0 Å². The summed E-state index contributed by atoms with van der Waals surface area (Å²) < 4.78 is 0. The Balaban J connectivity index is 1.61. The minimum absolute atomic E-state index is 0.00972. The van der Waals surface area contributed by atoms with Gasteiger partial charge in [0.05, 0.1) is 18.8 Å². The van der Waals surface area contributed by atoms with E-state index in [4.69, 9.17) is 17.2 Å². The second-order valence-electron chi connectivity index (χ2n) is 17.8. The van der Waals surface area contributed by atoms with Crippen LogP contribution in [0.1, 0.15) is 69.2 Å². The highest BCUT2D eigenvalue weighted by molar-refractivity contribution is 7.80. The topological polar surface area (TPSA) is 393 Å². The number of primary amides is 2. The third-order valence-electron chi connectivity index (χ3n) is 11.6. The van der Waals surface area contributed by atoms with E-state index in [1.54, 1.807) is 44.2 Å². The molecule has 1 aromatic heterocycles. The Morgan fingerprint density at radius 1 is 0.722 bits per heavy atom. The van der Waals surface area contributed by atoms with Crippen LogP contribution < -0.4 is 49.1 Å². The molecule has 1 saturated heterocycles. The van der Waals surface area contributed by atoms with Gasteiger partial charge in [-0.15, -0.1) is 0 Å². The highest BCUT2D eigenvalue weighted by atomic mass is 32.1. The van der Waals surface area contributed by atoms with E-state index in [1.165, 1.54) is 41.7 Å². The Kier molecular flexibility index (Phi) is 22.0. The first-order chi connectivity index (χ1) is 34.1. The summed E-state index contributed by atoms with van der Waals surface area (Å²) in [5.41, 5.74) is 18.1. The highest BCUT2D eigenvalue weighted by Gasteiger charge is 2.39. The highest BCUT2D eigenvalue weighted by Crippen LogP contribution is 2.20. The van der Waals surface area contributed by atoms with Crippen LogP contribution in [0.4, 0.5) is 0 Å². The molecule has 4 rings (SSSR count). The monoisotopic (exact) mass is 1020 g/mol. The summed E-state index contributed by atoms with van der Waals surface area (Å²) in [7, 11) is 0. The molecule has 3 aromatic rings. The molecule has 2 heterocycles. The van der Waals surface area contributed by atoms with Crippen LogP contribution in [0.2, 0.25) is 0 Å². The maximum Gasteiger partial charge on any atom is 0.327 e. The van der Waals surface area contributed by atoms with Crippen LogP contribution in [0.15, 0.2) is 67.1 Å². The van der Waals surface area contributed by atoms with Gasteiger partial charge in [-0.1, -0.05) is 56.3 Å². The lowest BCUT2D eigenvalue weighted by Crippen LogP contribution is -2.61. The molecule has 24 nitrogen and oxygen atoms in total. The lowest BCUT2D eigenvalue weighted by atomic mass is 9.99. The molecule has 390 valence electrons.